The number of hydrogen-bond acceptors (Lipinski definition) is 5. The molecule has 9 nitrogen and oxygen atoms in total. The van der Waals surface area contributed by atoms with Crippen molar-refractivity contribution in [3.8, 4) is 0 Å². The molecular weight excluding hydrogens is 302 g/mol. The summed E-state index contributed by atoms with van der Waals surface area (Å²) >= 11 is 0. The van der Waals surface area contributed by atoms with Crippen LogP contribution in [0.15, 0.2) is 12.5 Å². The highest BCUT2D eigenvalue weighted by Crippen LogP contribution is 2.19. The molecule has 3 unspecified atom stereocenters. The van der Waals surface area contributed by atoms with Crippen LogP contribution in [0.1, 0.15) is 25.5 Å². The number of nitrogens with zero attached hydrogens (tertiary/aromatic N) is 2. The average molecular weight is 323 g/mol. The van der Waals surface area contributed by atoms with Gasteiger partial charge < -0.3 is 26.0 Å². The van der Waals surface area contributed by atoms with Crippen LogP contribution < -0.4 is 11.1 Å². The first-order valence-electron chi connectivity index (χ1n) is 7.46. The summed E-state index contributed by atoms with van der Waals surface area (Å²) in [4.78, 5) is 43.9. The Morgan fingerprint density at radius 3 is 2.87 bits per heavy atom. The number of rotatable bonds is 6. The monoisotopic (exact) mass is 323 g/mol. The van der Waals surface area contributed by atoms with Gasteiger partial charge in [0.15, 0.2) is 0 Å². The number of amides is 2. The van der Waals surface area contributed by atoms with Crippen molar-refractivity contribution in [1.29, 1.82) is 0 Å². The number of carboxylic acids is 1. The standard InChI is InChI=1S/C14H21N5O4/c1-8(15)12(20)18-10(5-9-6-16-7-17-9)13(21)19-4-2-3-11(19)14(22)23/h6-8,10-11H,2-5,15H2,1H3,(H,16,17)(H,18,20)(H,22,23). The molecule has 2 rings (SSSR count). The third-order valence-corrected chi connectivity index (χ3v) is 3.83. The zero-order valence-corrected chi connectivity index (χ0v) is 12.9. The maximum Gasteiger partial charge on any atom is 0.326 e. The number of carboxylic acid groups (broad SMARTS) is 1. The molecular formula is C14H21N5O4. The summed E-state index contributed by atoms with van der Waals surface area (Å²) in [6.07, 6.45) is 4.26. The SMILES string of the molecule is CC(N)C(=O)NC(Cc1cnc[nH]1)C(=O)N1CCCC1C(=O)O. The average Bonchev–Trinajstić information content (AvgIpc) is 3.16. The highest BCUT2D eigenvalue weighted by Gasteiger charge is 2.37. The van der Waals surface area contributed by atoms with Crippen molar-refractivity contribution >= 4 is 17.8 Å². The minimum absolute atomic E-state index is 0.195. The molecule has 1 aliphatic heterocycles. The van der Waals surface area contributed by atoms with Gasteiger partial charge in [0.25, 0.3) is 0 Å². The lowest BCUT2D eigenvalue weighted by Crippen LogP contribution is -2.54. The zero-order chi connectivity index (χ0) is 17.0. The van der Waals surface area contributed by atoms with E-state index in [0.29, 0.717) is 25.1 Å². The van der Waals surface area contributed by atoms with E-state index in [2.05, 4.69) is 15.3 Å². The van der Waals surface area contributed by atoms with Crippen molar-refractivity contribution in [3.05, 3.63) is 18.2 Å². The summed E-state index contributed by atoms with van der Waals surface area (Å²) in [6.45, 7) is 1.88. The number of nitrogens with one attached hydrogen (secondary N) is 2. The van der Waals surface area contributed by atoms with Crippen LogP contribution in [0.3, 0.4) is 0 Å². The van der Waals surface area contributed by atoms with Crippen molar-refractivity contribution < 1.29 is 19.5 Å². The van der Waals surface area contributed by atoms with E-state index in [1.54, 1.807) is 6.20 Å². The Bertz CT molecular complexity index is 572. The smallest absolute Gasteiger partial charge is 0.326 e. The number of nitrogens with two attached hydrogens (primary N) is 1. The topological polar surface area (TPSA) is 141 Å². The van der Waals surface area contributed by atoms with E-state index in [1.807, 2.05) is 0 Å². The Labute approximate surface area is 133 Å². The van der Waals surface area contributed by atoms with Crippen LogP contribution in [-0.4, -0.2) is 62.4 Å². The summed E-state index contributed by atoms with van der Waals surface area (Å²) in [6, 6.07) is -2.49. The molecule has 1 saturated heterocycles. The Hall–Kier alpha value is -2.42. The number of imidazole rings is 1. The van der Waals surface area contributed by atoms with Crippen LogP contribution in [0.2, 0.25) is 0 Å². The molecule has 0 spiro atoms. The van der Waals surface area contributed by atoms with Gasteiger partial charge in [-0.05, 0) is 19.8 Å². The van der Waals surface area contributed by atoms with E-state index in [4.69, 9.17) is 5.73 Å². The van der Waals surface area contributed by atoms with Crippen LogP contribution >= 0.6 is 0 Å². The number of aliphatic carboxylic acids is 1. The molecule has 126 valence electrons. The van der Waals surface area contributed by atoms with Crippen molar-refractivity contribution in [2.75, 3.05) is 6.54 Å². The Kier molecular flexibility index (Phi) is 5.32. The summed E-state index contributed by atoms with van der Waals surface area (Å²) in [5.74, 6) is -1.91. The summed E-state index contributed by atoms with van der Waals surface area (Å²) in [5, 5.41) is 11.8. The highest BCUT2D eigenvalue weighted by atomic mass is 16.4. The quantitative estimate of drug-likeness (QED) is 0.521. The van der Waals surface area contributed by atoms with Crippen LogP contribution in [0.25, 0.3) is 0 Å². The predicted octanol–water partition coefficient (Wildman–Crippen LogP) is -1.14. The number of hydrogen-bond donors (Lipinski definition) is 4. The molecule has 1 aliphatic rings. The summed E-state index contributed by atoms with van der Waals surface area (Å²) < 4.78 is 0. The Morgan fingerprint density at radius 2 is 2.30 bits per heavy atom. The molecule has 9 heteroatoms. The molecule has 0 saturated carbocycles. The lowest BCUT2D eigenvalue weighted by atomic mass is 10.1. The molecule has 1 aromatic heterocycles. The van der Waals surface area contributed by atoms with E-state index in [0.717, 1.165) is 0 Å². The normalized spacial score (nSPS) is 20.1. The van der Waals surface area contributed by atoms with Crippen LogP contribution in [0.4, 0.5) is 0 Å². The van der Waals surface area contributed by atoms with Crippen LogP contribution in [-0.2, 0) is 20.8 Å². The Morgan fingerprint density at radius 1 is 1.57 bits per heavy atom. The second-order valence-corrected chi connectivity index (χ2v) is 5.66. The van der Waals surface area contributed by atoms with Crippen molar-refractivity contribution in [2.24, 2.45) is 5.73 Å². The third-order valence-electron chi connectivity index (χ3n) is 3.83. The number of aromatic amines is 1. The largest absolute Gasteiger partial charge is 0.480 e. The van der Waals surface area contributed by atoms with Crippen molar-refractivity contribution in [3.63, 3.8) is 0 Å². The molecule has 1 aromatic rings. The molecule has 0 aromatic carbocycles. The molecule has 1 fully saturated rings. The predicted molar refractivity (Wildman–Crippen MR) is 80.2 cm³/mol. The van der Waals surface area contributed by atoms with E-state index >= 15 is 0 Å². The second-order valence-electron chi connectivity index (χ2n) is 5.66. The molecule has 3 atom stereocenters. The van der Waals surface area contributed by atoms with Gasteiger partial charge >= 0.3 is 5.97 Å². The van der Waals surface area contributed by atoms with Gasteiger partial charge in [-0.2, -0.15) is 0 Å². The van der Waals surface area contributed by atoms with E-state index < -0.39 is 35.9 Å². The lowest BCUT2D eigenvalue weighted by Gasteiger charge is -2.27. The first-order chi connectivity index (χ1) is 10.9. The number of aromatic nitrogens is 2. The van der Waals surface area contributed by atoms with Crippen molar-refractivity contribution in [1.82, 2.24) is 20.2 Å². The van der Waals surface area contributed by atoms with Crippen LogP contribution in [0.5, 0.6) is 0 Å². The minimum Gasteiger partial charge on any atom is -0.480 e. The summed E-state index contributed by atoms with van der Waals surface area (Å²) in [7, 11) is 0. The fourth-order valence-corrected chi connectivity index (χ4v) is 2.61. The maximum atomic E-state index is 12.7. The van der Waals surface area contributed by atoms with Gasteiger partial charge in [0.1, 0.15) is 12.1 Å². The molecule has 23 heavy (non-hydrogen) atoms. The number of carbonyl (C=O) groups is 3. The molecule has 2 heterocycles. The van der Waals surface area contributed by atoms with Gasteiger partial charge in [-0.1, -0.05) is 0 Å². The third kappa shape index (κ3) is 4.07. The molecule has 5 N–H and O–H groups in total. The second kappa shape index (κ2) is 7.23. The van der Waals surface area contributed by atoms with Gasteiger partial charge in [-0.15, -0.1) is 0 Å². The lowest BCUT2D eigenvalue weighted by molar-refractivity contribution is -0.149. The van der Waals surface area contributed by atoms with Crippen molar-refractivity contribution in [2.45, 2.75) is 44.3 Å². The van der Waals surface area contributed by atoms with Gasteiger partial charge in [-0.3, -0.25) is 9.59 Å². The Balaban J connectivity index is 2.16. The molecule has 2 amide bonds. The fourth-order valence-electron chi connectivity index (χ4n) is 2.61. The zero-order valence-electron chi connectivity index (χ0n) is 12.9. The first kappa shape index (κ1) is 16.9. The summed E-state index contributed by atoms with van der Waals surface area (Å²) in [5.41, 5.74) is 6.20. The first-order valence-corrected chi connectivity index (χ1v) is 7.46. The van der Waals surface area contributed by atoms with E-state index in [1.165, 1.54) is 18.2 Å². The van der Waals surface area contributed by atoms with E-state index in [-0.39, 0.29) is 6.42 Å². The molecule has 0 bridgehead atoms. The molecule has 0 aliphatic carbocycles. The maximum absolute atomic E-state index is 12.7. The number of likely N-dealkylation sites (tertiary alicyclic amines) is 1. The van der Waals surface area contributed by atoms with Crippen LogP contribution in [0, 0.1) is 0 Å². The van der Waals surface area contributed by atoms with Gasteiger partial charge in [0.2, 0.25) is 11.8 Å². The van der Waals surface area contributed by atoms with Gasteiger partial charge in [-0.25, -0.2) is 9.78 Å². The fraction of sp³-hybridized carbons (Fsp3) is 0.571. The van der Waals surface area contributed by atoms with Gasteiger partial charge in [0.05, 0.1) is 12.4 Å². The number of carbonyl (C=O) groups excluding carboxylic acids is 2. The number of H-pyrrole nitrogens is 1. The minimum atomic E-state index is -1.03. The highest BCUT2D eigenvalue weighted by molar-refractivity contribution is 5.92. The van der Waals surface area contributed by atoms with Gasteiger partial charge in [0, 0.05) is 24.9 Å². The van der Waals surface area contributed by atoms with E-state index in [9.17, 15) is 19.5 Å². The molecule has 0 radical (unpaired) electrons.